The van der Waals surface area contributed by atoms with E-state index in [2.05, 4.69) is 19.2 Å². The van der Waals surface area contributed by atoms with E-state index in [0.29, 0.717) is 23.7 Å². The molecule has 108 valence electrons. The highest BCUT2D eigenvalue weighted by Crippen LogP contribution is 2.24. The number of piperidine rings is 1. The number of benzene rings is 1. The smallest absolute Gasteiger partial charge is 0.181 e. The molecule has 0 unspecified atom stereocenters. The zero-order valence-electron chi connectivity index (χ0n) is 11.4. The van der Waals surface area contributed by atoms with Crippen LogP contribution in [-0.2, 0) is 9.84 Å². The van der Waals surface area contributed by atoms with Crippen molar-refractivity contribution in [1.82, 2.24) is 5.32 Å². The molecule has 1 N–H and O–H groups in total. The highest BCUT2D eigenvalue weighted by molar-refractivity contribution is 7.92. The average Bonchev–Trinajstić information content (AvgIpc) is 2.40. The van der Waals surface area contributed by atoms with Crippen LogP contribution in [0.15, 0.2) is 29.2 Å². The summed E-state index contributed by atoms with van der Waals surface area (Å²) >= 11 is 0. The molecule has 19 heavy (non-hydrogen) atoms. The maximum absolute atomic E-state index is 12.4. The van der Waals surface area contributed by atoms with Gasteiger partial charge in [0.15, 0.2) is 9.84 Å². The second-order valence-electron chi connectivity index (χ2n) is 5.22. The van der Waals surface area contributed by atoms with Crippen LogP contribution >= 0.6 is 12.4 Å². The zero-order valence-corrected chi connectivity index (χ0v) is 13.1. The second kappa shape index (κ2) is 6.73. The van der Waals surface area contributed by atoms with Crippen LogP contribution < -0.4 is 5.32 Å². The van der Waals surface area contributed by atoms with Crippen LogP contribution in [0.3, 0.4) is 0 Å². The minimum atomic E-state index is -3.14. The van der Waals surface area contributed by atoms with E-state index in [4.69, 9.17) is 0 Å². The summed E-state index contributed by atoms with van der Waals surface area (Å²) < 4.78 is 24.9. The van der Waals surface area contributed by atoms with Crippen LogP contribution in [0.1, 0.15) is 38.2 Å². The number of sulfone groups is 1. The molecule has 0 amide bonds. The third-order valence-electron chi connectivity index (χ3n) is 3.60. The second-order valence-corrected chi connectivity index (χ2v) is 7.45. The molecule has 0 atom stereocenters. The first-order valence-electron chi connectivity index (χ1n) is 6.56. The van der Waals surface area contributed by atoms with Crippen LogP contribution in [0, 0.1) is 0 Å². The SMILES string of the molecule is CC(C)c1ccc(S(=O)(=O)C2CCNCC2)cc1.Cl. The van der Waals surface area contributed by atoms with Gasteiger partial charge in [-0.2, -0.15) is 0 Å². The summed E-state index contributed by atoms with van der Waals surface area (Å²) in [7, 11) is -3.14. The van der Waals surface area contributed by atoms with Crippen molar-refractivity contribution < 1.29 is 8.42 Å². The normalized spacial score (nSPS) is 17.2. The number of nitrogens with one attached hydrogen (secondary N) is 1. The van der Waals surface area contributed by atoms with Crippen LogP contribution in [-0.4, -0.2) is 26.8 Å². The first-order chi connectivity index (χ1) is 8.51. The first-order valence-corrected chi connectivity index (χ1v) is 8.11. The molecule has 0 aliphatic carbocycles. The summed E-state index contributed by atoms with van der Waals surface area (Å²) in [5.41, 5.74) is 1.18. The lowest BCUT2D eigenvalue weighted by atomic mass is 10.0. The quantitative estimate of drug-likeness (QED) is 0.934. The third-order valence-corrected chi connectivity index (χ3v) is 5.88. The fourth-order valence-electron chi connectivity index (χ4n) is 2.34. The summed E-state index contributed by atoms with van der Waals surface area (Å²) in [4.78, 5) is 0.471. The van der Waals surface area contributed by atoms with Crippen LogP contribution in [0.5, 0.6) is 0 Å². The molecule has 5 heteroatoms. The molecule has 1 aromatic carbocycles. The lowest BCUT2D eigenvalue weighted by Crippen LogP contribution is -2.35. The Balaban J connectivity index is 0.00000180. The number of hydrogen-bond acceptors (Lipinski definition) is 3. The Bertz CT molecular complexity index is 491. The Kier molecular flexibility index (Phi) is 5.83. The first kappa shape index (κ1) is 16.5. The van der Waals surface area contributed by atoms with Gasteiger partial charge in [0.1, 0.15) is 0 Å². The van der Waals surface area contributed by atoms with Crippen LogP contribution in [0.2, 0.25) is 0 Å². The molecule has 0 saturated carbocycles. The molecule has 1 heterocycles. The van der Waals surface area contributed by atoms with Gasteiger partial charge >= 0.3 is 0 Å². The van der Waals surface area contributed by atoms with Gasteiger partial charge in [-0.3, -0.25) is 0 Å². The Morgan fingerprint density at radius 3 is 2.11 bits per heavy atom. The van der Waals surface area contributed by atoms with E-state index in [0.717, 1.165) is 13.1 Å². The molecule has 3 nitrogen and oxygen atoms in total. The lowest BCUT2D eigenvalue weighted by molar-refractivity contribution is 0.496. The zero-order chi connectivity index (χ0) is 13.2. The molecular weight excluding hydrogens is 282 g/mol. The third kappa shape index (κ3) is 3.71. The lowest BCUT2D eigenvalue weighted by Gasteiger charge is -2.22. The predicted molar refractivity (Wildman–Crippen MR) is 80.9 cm³/mol. The van der Waals surface area contributed by atoms with Crippen molar-refractivity contribution in [3.63, 3.8) is 0 Å². The molecule has 1 fully saturated rings. The van der Waals surface area contributed by atoms with Gasteiger partial charge in [-0.05, 0) is 49.5 Å². The minimum Gasteiger partial charge on any atom is -0.317 e. The Morgan fingerprint density at radius 1 is 1.11 bits per heavy atom. The Hall–Kier alpha value is -0.580. The molecular formula is C14H22ClNO2S. The van der Waals surface area contributed by atoms with Crippen molar-refractivity contribution in [1.29, 1.82) is 0 Å². The summed E-state index contributed by atoms with van der Waals surface area (Å²) in [6.45, 7) is 5.81. The standard InChI is InChI=1S/C14H21NO2S.ClH/c1-11(2)12-3-5-13(6-4-12)18(16,17)14-7-9-15-10-8-14;/h3-6,11,14-15H,7-10H2,1-2H3;1H. The maximum atomic E-state index is 12.4. The van der Waals surface area contributed by atoms with Gasteiger partial charge in [-0.25, -0.2) is 8.42 Å². The molecule has 0 spiro atoms. The van der Waals surface area contributed by atoms with Crippen LogP contribution in [0.25, 0.3) is 0 Å². The largest absolute Gasteiger partial charge is 0.317 e. The van der Waals surface area contributed by atoms with Crippen molar-refractivity contribution in [3.8, 4) is 0 Å². The highest BCUT2D eigenvalue weighted by atomic mass is 35.5. The van der Waals surface area contributed by atoms with Crippen molar-refractivity contribution in [2.45, 2.75) is 42.8 Å². The van der Waals surface area contributed by atoms with E-state index in [-0.39, 0.29) is 17.7 Å². The van der Waals surface area contributed by atoms with Gasteiger partial charge in [-0.15, -0.1) is 12.4 Å². The van der Waals surface area contributed by atoms with Crippen LogP contribution in [0.4, 0.5) is 0 Å². The minimum absolute atomic E-state index is 0. The predicted octanol–water partition coefficient (Wildman–Crippen LogP) is 2.76. The molecule has 1 saturated heterocycles. The Labute approximate surface area is 122 Å². The fourth-order valence-corrected chi connectivity index (χ4v) is 4.10. The summed E-state index contributed by atoms with van der Waals surface area (Å²) in [5.74, 6) is 0.431. The summed E-state index contributed by atoms with van der Waals surface area (Å²) in [6, 6.07) is 7.37. The molecule has 1 aromatic rings. The van der Waals surface area contributed by atoms with Gasteiger partial charge in [0, 0.05) is 0 Å². The molecule has 0 aromatic heterocycles. The average molecular weight is 304 g/mol. The van der Waals surface area contributed by atoms with E-state index < -0.39 is 9.84 Å². The van der Waals surface area contributed by atoms with Gasteiger partial charge in [0.05, 0.1) is 10.1 Å². The van der Waals surface area contributed by atoms with E-state index in [9.17, 15) is 8.42 Å². The maximum Gasteiger partial charge on any atom is 0.181 e. The molecule has 1 aliphatic heterocycles. The van der Waals surface area contributed by atoms with Crippen molar-refractivity contribution >= 4 is 22.2 Å². The van der Waals surface area contributed by atoms with E-state index in [1.54, 1.807) is 12.1 Å². The van der Waals surface area contributed by atoms with Gasteiger partial charge in [-0.1, -0.05) is 26.0 Å². The molecule has 0 bridgehead atoms. The number of halogens is 1. The number of rotatable bonds is 3. The van der Waals surface area contributed by atoms with Gasteiger partial charge in [0.25, 0.3) is 0 Å². The van der Waals surface area contributed by atoms with E-state index in [1.165, 1.54) is 5.56 Å². The topological polar surface area (TPSA) is 46.2 Å². The van der Waals surface area contributed by atoms with Gasteiger partial charge < -0.3 is 5.32 Å². The van der Waals surface area contributed by atoms with Crippen molar-refractivity contribution in [3.05, 3.63) is 29.8 Å². The van der Waals surface area contributed by atoms with Crippen molar-refractivity contribution in [2.75, 3.05) is 13.1 Å². The van der Waals surface area contributed by atoms with Crippen molar-refractivity contribution in [2.24, 2.45) is 0 Å². The fraction of sp³-hybridized carbons (Fsp3) is 0.571. The molecule has 1 aliphatic rings. The van der Waals surface area contributed by atoms with Gasteiger partial charge in [0.2, 0.25) is 0 Å². The highest BCUT2D eigenvalue weighted by Gasteiger charge is 2.28. The monoisotopic (exact) mass is 303 g/mol. The molecule has 2 rings (SSSR count). The summed E-state index contributed by atoms with van der Waals surface area (Å²) in [6.07, 6.45) is 1.43. The Morgan fingerprint density at radius 2 is 1.63 bits per heavy atom. The number of hydrogen-bond donors (Lipinski definition) is 1. The molecule has 0 radical (unpaired) electrons. The van der Waals surface area contributed by atoms with E-state index >= 15 is 0 Å². The summed E-state index contributed by atoms with van der Waals surface area (Å²) in [5, 5.41) is 2.98. The van der Waals surface area contributed by atoms with E-state index in [1.807, 2.05) is 12.1 Å².